The second-order valence-corrected chi connectivity index (χ2v) is 2.95. The number of fused-ring (bicyclic) bond motifs is 1. The van der Waals surface area contributed by atoms with Gasteiger partial charge in [0.15, 0.2) is 0 Å². The van der Waals surface area contributed by atoms with Crippen molar-refractivity contribution in [2.24, 2.45) is 0 Å². The van der Waals surface area contributed by atoms with E-state index in [1.807, 2.05) is 0 Å². The fraction of sp³-hybridized carbons (Fsp3) is 0.0909. The molecular formula is C11H7NO2. The van der Waals surface area contributed by atoms with Gasteiger partial charge in [-0.1, -0.05) is 18.1 Å². The molecule has 2 rings (SSSR count). The average Bonchev–Trinajstić information content (AvgIpc) is 2.45. The van der Waals surface area contributed by atoms with Crippen molar-refractivity contribution in [2.75, 3.05) is 6.54 Å². The van der Waals surface area contributed by atoms with Crippen LogP contribution in [0.5, 0.6) is 0 Å². The lowest BCUT2D eigenvalue weighted by Gasteiger charge is -2.08. The molecule has 1 heterocycles. The van der Waals surface area contributed by atoms with Gasteiger partial charge >= 0.3 is 0 Å². The number of hydrogen-bond donors (Lipinski definition) is 0. The predicted molar refractivity (Wildman–Crippen MR) is 50.6 cm³/mol. The molecule has 3 heteroatoms. The van der Waals surface area contributed by atoms with E-state index < -0.39 is 0 Å². The van der Waals surface area contributed by atoms with Crippen LogP contribution in [0.25, 0.3) is 0 Å². The molecule has 3 nitrogen and oxygen atoms in total. The lowest BCUT2D eigenvalue weighted by molar-refractivity contribution is 0.0675. The lowest BCUT2D eigenvalue weighted by atomic mass is 10.1. The molecule has 2 amide bonds. The minimum Gasteiger partial charge on any atom is -0.269 e. The van der Waals surface area contributed by atoms with Crippen molar-refractivity contribution in [1.82, 2.24) is 4.90 Å². The Bertz CT molecular complexity index is 422. The van der Waals surface area contributed by atoms with E-state index in [2.05, 4.69) is 5.92 Å². The van der Waals surface area contributed by atoms with E-state index in [-0.39, 0.29) is 18.4 Å². The largest absolute Gasteiger partial charge is 0.269 e. The van der Waals surface area contributed by atoms with Gasteiger partial charge in [-0.3, -0.25) is 14.5 Å². The monoisotopic (exact) mass is 185 g/mol. The first-order valence-electron chi connectivity index (χ1n) is 4.14. The van der Waals surface area contributed by atoms with E-state index in [1.54, 1.807) is 24.3 Å². The zero-order valence-corrected chi connectivity index (χ0v) is 7.36. The molecule has 0 atom stereocenters. The van der Waals surface area contributed by atoms with Crippen molar-refractivity contribution in [3.8, 4) is 12.3 Å². The zero-order chi connectivity index (χ0) is 10.1. The van der Waals surface area contributed by atoms with Crippen molar-refractivity contribution in [1.29, 1.82) is 0 Å². The Morgan fingerprint density at radius 2 is 1.64 bits per heavy atom. The van der Waals surface area contributed by atoms with E-state index in [9.17, 15) is 9.59 Å². The number of terminal acetylenes is 1. The summed E-state index contributed by atoms with van der Waals surface area (Å²) in [7, 11) is 0. The van der Waals surface area contributed by atoms with E-state index in [0.717, 1.165) is 4.90 Å². The van der Waals surface area contributed by atoms with Gasteiger partial charge < -0.3 is 0 Å². The number of imide groups is 1. The second-order valence-electron chi connectivity index (χ2n) is 2.95. The highest BCUT2D eigenvalue weighted by molar-refractivity contribution is 6.21. The van der Waals surface area contributed by atoms with Gasteiger partial charge in [0.1, 0.15) is 0 Å². The molecule has 0 fully saturated rings. The van der Waals surface area contributed by atoms with Crippen LogP contribution in [-0.2, 0) is 0 Å². The van der Waals surface area contributed by atoms with E-state index >= 15 is 0 Å². The average molecular weight is 185 g/mol. The third kappa shape index (κ3) is 1.01. The molecule has 1 aliphatic heterocycles. The fourth-order valence-corrected chi connectivity index (χ4v) is 1.47. The molecule has 0 unspecified atom stereocenters. The number of carbonyl (C=O) groups excluding carboxylic acids is 2. The van der Waals surface area contributed by atoms with E-state index in [1.165, 1.54) is 0 Å². The van der Waals surface area contributed by atoms with E-state index in [0.29, 0.717) is 11.1 Å². The van der Waals surface area contributed by atoms with Crippen LogP contribution < -0.4 is 0 Å². The SMILES string of the molecule is C#CCN1C(=O)c2ccccc2C1=O. The van der Waals surface area contributed by atoms with E-state index in [4.69, 9.17) is 6.42 Å². The summed E-state index contributed by atoms with van der Waals surface area (Å²) < 4.78 is 0. The number of nitrogens with zero attached hydrogens (tertiary/aromatic N) is 1. The molecule has 0 aromatic heterocycles. The Labute approximate surface area is 81.3 Å². The summed E-state index contributed by atoms with van der Waals surface area (Å²) in [5.74, 6) is 1.69. The molecule has 0 N–H and O–H groups in total. The van der Waals surface area contributed by atoms with Crippen molar-refractivity contribution in [2.45, 2.75) is 0 Å². The first-order valence-corrected chi connectivity index (χ1v) is 4.14. The number of hydrogen-bond acceptors (Lipinski definition) is 2. The van der Waals surface area contributed by atoms with Crippen LogP contribution in [-0.4, -0.2) is 23.3 Å². The third-order valence-corrected chi connectivity index (χ3v) is 2.13. The lowest BCUT2D eigenvalue weighted by Crippen LogP contribution is -2.29. The molecule has 1 aromatic rings. The van der Waals surface area contributed by atoms with Gasteiger partial charge in [-0.2, -0.15) is 0 Å². The van der Waals surface area contributed by atoms with Crippen LogP contribution in [0, 0.1) is 12.3 Å². The first kappa shape index (κ1) is 8.52. The highest BCUT2D eigenvalue weighted by Gasteiger charge is 2.34. The van der Waals surface area contributed by atoms with Gasteiger partial charge in [-0.15, -0.1) is 6.42 Å². The zero-order valence-electron chi connectivity index (χ0n) is 7.36. The quantitative estimate of drug-likeness (QED) is 0.482. The second kappa shape index (κ2) is 3.00. The minimum atomic E-state index is -0.302. The van der Waals surface area contributed by atoms with Gasteiger partial charge in [-0.05, 0) is 12.1 Å². The highest BCUT2D eigenvalue weighted by atomic mass is 16.2. The summed E-state index contributed by atoms with van der Waals surface area (Å²) in [6.07, 6.45) is 5.07. The Morgan fingerprint density at radius 3 is 2.07 bits per heavy atom. The van der Waals surface area contributed by atoms with Crippen molar-refractivity contribution in [3.63, 3.8) is 0 Å². The molecule has 0 radical (unpaired) electrons. The summed E-state index contributed by atoms with van der Waals surface area (Å²) in [6, 6.07) is 6.71. The van der Waals surface area contributed by atoms with Crippen LogP contribution in [0.15, 0.2) is 24.3 Å². The molecule has 14 heavy (non-hydrogen) atoms. The minimum absolute atomic E-state index is 0.0341. The van der Waals surface area contributed by atoms with Crippen LogP contribution in [0.3, 0.4) is 0 Å². The topological polar surface area (TPSA) is 37.4 Å². The number of carbonyl (C=O) groups is 2. The van der Waals surface area contributed by atoms with Crippen molar-refractivity contribution >= 4 is 11.8 Å². The molecule has 0 bridgehead atoms. The maximum atomic E-state index is 11.6. The summed E-state index contributed by atoms with van der Waals surface area (Å²) in [4.78, 5) is 24.3. The van der Waals surface area contributed by atoms with Gasteiger partial charge in [0, 0.05) is 0 Å². The fourth-order valence-electron chi connectivity index (χ4n) is 1.47. The normalized spacial score (nSPS) is 14.1. The molecule has 68 valence electrons. The van der Waals surface area contributed by atoms with Crippen LogP contribution in [0.4, 0.5) is 0 Å². The van der Waals surface area contributed by atoms with Crippen molar-refractivity contribution in [3.05, 3.63) is 35.4 Å². The van der Waals surface area contributed by atoms with Crippen LogP contribution in [0.1, 0.15) is 20.7 Å². The number of amides is 2. The summed E-state index contributed by atoms with van der Waals surface area (Å²) in [5.41, 5.74) is 0.875. The summed E-state index contributed by atoms with van der Waals surface area (Å²) in [5, 5.41) is 0. The summed E-state index contributed by atoms with van der Waals surface area (Å²) >= 11 is 0. The Morgan fingerprint density at radius 1 is 1.14 bits per heavy atom. The van der Waals surface area contributed by atoms with Gasteiger partial charge in [0.2, 0.25) is 0 Å². The molecule has 1 aliphatic rings. The maximum absolute atomic E-state index is 11.6. The highest BCUT2D eigenvalue weighted by Crippen LogP contribution is 2.21. The maximum Gasteiger partial charge on any atom is 0.262 e. The van der Waals surface area contributed by atoms with Gasteiger partial charge in [0.05, 0.1) is 17.7 Å². The first-order chi connectivity index (χ1) is 6.75. The standard InChI is InChI=1S/C11H7NO2/c1-2-7-12-10(13)8-5-3-4-6-9(8)11(12)14/h1,3-6H,7H2. The van der Waals surface area contributed by atoms with Gasteiger partial charge in [0.25, 0.3) is 11.8 Å². The van der Waals surface area contributed by atoms with Gasteiger partial charge in [-0.25, -0.2) is 0 Å². The Balaban J connectivity index is 2.49. The smallest absolute Gasteiger partial charge is 0.262 e. The summed E-state index contributed by atoms with van der Waals surface area (Å²) in [6.45, 7) is 0.0341. The number of benzene rings is 1. The Hall–Kier alpha value is -2.08. The molecule has 0 saturated heterocycles. The Kier molecular flexibility index (Phi) is 1.83. The molecule has 0 spiro atoms. The van der Waals surface area contributed by atoms with Crippen molar-refractivity contribution < 1.29 is 9.59 Å². The van der Waals surface area contributed by atoms with Crippen LogP contribution in [0.2, 0.25) is 0 Å². The number of rotatable bonds is 1. The molecule has 0 aliphatic carbocycles. The molecule has 1 aromatic carbocycles. The molecule has 0 saturated carbocycles. The molecular weight excluding hydrogens is 178 g/mol. The predicted octanol–water partition coefficient (Wildman–Crippen LogP) is 0.916. The van der Waals surface area contributed by atoms with Crippen LogP contribution >= 0.6 is 0 Å². The third-order valence-electron chi connectivity index (χ3n) is 2.13.